The fraction of sp³-hybridized carbons (Fsp3) is 0.667. The zero-order valence-electron chi connectivity index (χ0n) is 7.11. The molecule has 0 aromatic carbocycles. The molecule has 7 heteroatoms. The molecule has 1 atom stereocenters. The van der Waals surface area contributed by atoms with Crippen LogP contribution in [0, 0.1) is 0 Å². The summed E-state index contributed by atoms with van der Waals surface area (Å²) in [5.41, 5.74) is -0.676. The number of aliphatic hydroxyl groups excluding tert-OH is 1. The first-order valence-corrected chi connectivity index (χ1v) is 4.81. The van der Waals surface area contributed by atoms with E-state index in [-0.39, 0.29) is 12.8 Å². The highest BCUT2D eigenvalue weighted by Gasteiger charge is 2.13. The van der Waals surface area contributed by atoms with Crippen molar-refractivity contribution in [3.63, 3.8) is 0 Å². The lowest BCUT2D eigenvalue weighted by atomic mass is 10.3. The van der Waals surface area contributed by atoms with Crippen LogP contribution in [0.1, 0.15) is 12.8 Å². The zero-order chi connectivity index (χ0) is 10.3. The first-order valence-electron chi connectivity index (χ1n) is 3.49. The Morgan fingerprint density at radius 3 is 2.46 bits per heavy atom. The van der Waals surface area contributed by atoms with Crippen molar-refractivity contribution in [3.05, 3.63) is 0 Å². The summed E-state index contributed by atoms with van der Waals surface area (Å²) in [6.07, 6.45) is -0.314. The SMILES string of the molecule is COC(=O)CCC(=O)[PH](=O)OCO. The van der Waals surface area contributed by atoms with Crippen LogP contribution in [0.3, 0.4) is 0 Å². The number of aliphatic hydroxyl groups is 1. The second kappa shape index (κ2) is 6.77. The van der Waals surface area contributed by atoms with E-state index >= 15 is 0 Å². The first-order chi connectivity index (χ1) is 6.11. The van der Waals surface area contributed by atoms with Crippen LogP contribution in [0.5, 0.6) is 0 Å². The molecule has 0 radical (unpaired) electrons. The first kappa shape index (κ1) is 12.3. The quantitative estimate of drug-likeness (QED) is 0.374. The smallest absolute Gasteiger partial charge is 0.305 e. The molecule has 1 N–H and O–H groups in total. The standard InChI is InChI=1S/C6H11O6P/c1-11-5(8)2-3-6(9)13(10)12-4-7/h7,13H,2-4H2,1H3. The zero-order valence-corrected chi connectivity index (χ0v) is 8.11. The number of rotatable bonds is 6. The average Bonchev–Trinajstić information content (AvgIpc) is 2.13. The van der Waals surface area contributed by atoms with Crippen LogP contribution in [0.2, 0.25) is 0 Å². The predicted octanol–water partition coefficient (Wildman–Crippen LogP) is -0.0927. The fourth-order valence-corrected chi connectivity index (χ4v) is 1.17. The van der Waals surface area contributed by atoms with Gasteiger partial charge in [0.2, 0.25) is 5.52 Å². The summed E-state index contributed by atoms with van der Waals surface area (Å²) in [5.74, 6) is -0.549. The Morgan fingerprint density at radius 1 is 1.38 bits per heavy atom. The highest BCUT2D eigenvalue weighted by atomic mass is 31.1. The van der Waals surface area contributed by atoms with Gasteiger partial charge < -0.3 is 9.84 Å². The second-order valence-electron chi connectivity index (χ2n) is 2.06. The van der Waals surface area contributed by atoms with Gasteiger partial charge in [0.1, 0.15) is 0 Å². The summed E-state index contributed by atoms with van der Waals surface area (Å²) >= 11 is 0. The van der Waals surface area contributed by atoms with Gasteiger partial charge >= 0.3 is 5.97 Å². The van der Waals surface area contributed by atoms with Crippen molar-refractivity contribution in [2.45, 2.75) is 12.8 Å². The molecule has 1 unspecified atom stereocenters. The van der Waals surface area contributed by atoms with E-state index in [4.69, 9.17) is 5.11 Å². The molecule has 0 aliphatic carbocycles. The number of carbonyl (C=O) groups is 2. The maximum absolute atomic E-state index is 10.8. The molecule has 0 aliphatic rings. The van der Waals surface area contributed by atoms with E-state index in [1.54, 1.807) is 0 Å². The van der Waals surface area contributed by atoms with Gasteiger partial charge in [0.25, 0.3) is 8.03 Å². The Bertz CT molecular complexity index is 213. The number of hydrogen-bond donors (Lipinski definition) is 1. The molecule has 0 aromatic rings. The highest BCUT2D eigenvalue weighted by Crippen LogP contribution is 2.24. The van der Waals surface area contributed by atoms with E-state index in [2.05, 4.69) is 9.26 Å². The third-order valence-corrected chi connectivity index (χ3v) is 2.30. The largest absolute Gasteiger partial charge is 0.469 e. The summed E-state index contributed by atoms with van der Waals surface area (Å²) in [4.78, 5) is 21.4. The molecule has 13 heavy (non-hydrogen) atoms. The Kier molecular flexibility index (Phi) is 6.40. The number of carbonyl (C=O) groups excluding carboxylic acids is 2. The van der Waals surface area contributed by atoms with Crippen molar-refractivity contribution in [2.24, 2.45) is 0 Å². The van der Waals surface area contributed by atoms with Crippen molar-refractivity contribution < 1.29 is 28.5 Å². The third kappa shape index (κ3) is 5.52. The van der Waals surface area contributed by atoms with Gasteiger partial charge in [0.15, 0.2) is 6.79 Å². The number of methoxy groups -OCH3 is 1. The minimum absolute atomic E-state index is 0.124. The molecule has 0 spiro atoms. The molecule has 6 nitrogen and oxygen atoms in total. The number of esters is 1. The van der Waals surface area contributed by atoms with Gasteiger partial charge in [0, 0.05) is 6.42 Å². The van der Waals surface area contributed by atoms with Crippen LogP contribution >= 0.6 is 8.03 Å². The molecule has 76 valence electrons. The molecule has 0 amide bonds. The van der Waals surface area contributed by atoms with Crippen LogP contribution in [0.15, 0.2) is 0 Å². The van der Waals surface area contributed by atoms with Crippen molar-refractivity contribution in [1.29, 1.82) is 0 Å². The lowest BCUT2D eigenvalue weighted by Gasteiger charge is -1.99. The molecule has 0 aliphatic heterocycles. The van der Waals surface area contributed by atoms with E-state index < -0.39 is 26.3 Å². The van der Waals surface area contributed by atoms with Gasteiger partial charge in [0.05, 0.1) is 13.5 Å². The topological polar surface area (TPSA) is 89.9 Å². The van der Waals surface area contributed by atoms with Gasteiger partial charge in [-0.3, -0.25) is 18.7 Å². The van der Waals surface area contributed by atoms with Gasteiger partial charge in [-0.15, -0.1) is 0 Å². The summed E-state index contributed by atoms with van der Waals surface area (Å²) in [5, 5.41) is 8.17. The lowest BCUT2D eigenvalue weighted by Crippen LogP contribution is -2.03. The van der Waals surface area contributed by atoms with Gasteiger partial charge in [-0.05, 0) is 0 Å². The van der Waals surface area contributed by atoms with E-state index in [1.165, 1.54) is 7.11 Å². The average molecular weight is 210 g/mol. The Balaban J connectivity index is 3.74. The second-order valence-corrected chi connectivity index (χ2v) is 3.48. The molecule has 0 heterocycles. The molecule has 0 saturated heterocycles. The van der Waals surface area contributed by atoms with Crippen LogP contribution in [-0.4, -0.2) is 30.5 Å². The van der Waals surface area contributed by atoms with Crippen molar-refractivity contribution in [3.8, 4) is 0 Å². The van der Waals surface area contributed by atoms with Crippen molar-refractivity contribution in [2.75, 3.05) is 13.9 Å². The Morgan fingerprint density at radius 2 is 2.00 bits per heavy atom. The molecule has 0 rings (SSSR count). The van der Waals surface area contributed by atoms with Crippen LogP contribution in [-0.2, 0) is 23.4 Å². The summed E-state index contributed by atoms with van der Waals surface area (Å²) in [6.45, 7) is -0.762. The molecular formula is C6H11O6P. The summed E-state index contributed by atoms with van der Waals surface area (Å²) in [6, 6.07) is 0. The maximum atomic E-state index is 10.8. The Labute approximate surface area is 75.7 Å². The van der Waals surface area contributed by atoms with Gasteiger partial charge in [-0.2, -0.15) is 0 Å². The molecule has 0 saturated carbocycles. The molecule has 0 aromatic heterocycles. The van der Waals surface area contributed by atoms with Crippen molar-refractivity contribution >= 4 is 19.5 Å². The molecule has 0 bridgehead atoms. The van der Waals surface area contributed by atoms with Crippen LogP contribution in [0.4, 0.5) is 0 Å². The molecular weight excluding hydrogens is 199 g/mol. The number of hydrogen-bond acceptors (Lipinski definition) is 6. The normalized spacial score (nSPS) is 12.2. The maximum Gasteiger partial charge on any atom is 0.305 e. The lowest BCUT2D eigenvalue weighted by molar-refractivity contribution is -0.141. The minimum Gasteiger partial charge on any atom is -0.469 e. The van der Waals surface area contributed by atoms with Crippen LogP contribution < -0.4 is 0 Å². The highest BCUT2D eigenvalue weighted by molar-refractivity contribution is 7.59. The van der Waals surface area contributed by atoms with E-state index in [1.807, 2.05) is 0 Å². The monoisotopic (exact) mass is 210 g/mol. The fourth-order valence-electron chi connectivity index (χ4n) is 0.559. The van der Waals surface area contributed by atoms with Crippen LogP contribution in [0.25, 0.3) is 0 Å². The molecule has 0 fully saturated rings. The van der Waals surface area contributed by atoms with Gasteiger partial charge in [-0.1, -0.05) is 0 Å². The van der Waals surface area contributed by atoms with E-state index in [9.17, 15) is 14.2 Å². The summed E-state index contributed by atoms with van der Waals surface area (Å²) in [7, 11) is -1.67. The van der Waals surface area contributed by atoms with E-state index in [0.29, 0.717) is 0 Å². The number of ether oxygens (including phenoxy) is 1. The predicted molar refractivity (Wildman–Crippen MR) is 43.4 cm³/mol. The van der Waals surface area contributed by atoms with E-state index in [0.717, 1.165) is 0 Å². The Hall–Kier alpha value is -0.710. The van der Waals surface area contributed by atoms with Gasteiger partial charge in [-0.25, -0.2) is 0 Å². The van der Waals surface area contributed by atoms with Crippen molar-refractivity contribution in [1.82, 2.24) is 0 Å². The summed E-state index contributed by atoms with van der Waals surface area (Å²) < 4.78 is 19.2. The minimum atomic E-state index is -2.87. The third-order valence-electron chi connectivity index (χ3n) is 1.21.